The summed E-state index contributed by atoms with van der Waals surface area (Å²) in [6, 6.07) is 9.62. The van der Waals surface area contributed by atoms with E-state index in [-0.39, 0.29) is 91.8 Å². The summed E-state index contributed by atoms with van der Waals surface area (Å²) < 4.78 is 18.5. The molecule has 0 spiro atoms. The highest BCUT2D eigenvalue weighted by Gasteiger charge is 2.45. The standard InChI is InChI=1S/C77H115N13O15S/c1-15-50(8)67(59(103-13)46-63(95)89-38-23-27-57(89)68(104-14)51(9)58(91)45-54(73-79-36-43-106-73)44-52-24-18-16-19-25-52)86(11)74(99)65(48(4)5)84-72(98)66(49(6)7)87(12)77(102)105-69(75(100)88-41-39-85(10)40-42-88)53-29-31-55(32-30-53)81-70(96)56(26-22-35-80-76(78)101)82-71(97)64(47(2)3)83-60(92)28-20-17-21-37-90-61(93)33-34-62(90)94/h16,18-19,24-25,29-34,36,43,47-51,54,56-57,59,64-69H,15,17,20-23,26-28,35,37-42,44-46H2,1-14H3,(H,81,96)(H,82,97)(H,83,92)(H,84,98)(H3,78,80,101)/t50-,51-,54+,56-,57-,59+,64-,65-,66-,67-,68+,69?/m0/s1. The van der Waals surface area contributed by atoms with Crippen LogP contribution in [-0.4, -0.2) is 235 Å². The van der Waals surface area contributed by atoms with Crippen LogP contribution >= 0.6 is 11.3 Å². The zero-order chi connectivity index (χ0) is 78.1. The van der Waals surface area contributed by atoms with Gasteiger partial charge in [-0.15, -0.1) is 11.3 Å². The fraction of sp³-hybridized carbons (Fsp3) is 0.623. The van der Waals surface area contributed by atoms with Crippen LogP contribution in [0.2, 0.25) is 0 Å². The lowest BCUT2D eigenvalue weighted by atomic mass is 9.85. The second-order valence-electron chi connectivity index (χ2n) is 29.3. The van der Waals surface area contributed by atoms with Crippen molar-refractivity contribution in [3.05, 3.63) is 94.5 Å². The van der Waals surface area contributed by atoms with E-state index in [4.69, 9.17) is 19.9 Å². The van der Waals surface area contributed by atoms with Crippen molar-refractivity contribution in [3.63, 3.8) is 0 Å². The number of unbranched alkanes of at least 4 members (excludes halogenated alkanes) is 2. The lowest BCUT2D eigenvalue weighted by molar-refractivity contribution is -0.148. The molecule has 3 aliphatic rings. The van der Waals surface area contributed by atoms with E-state index in [1.807, 2.05) is 63.5 Å². The molecule has 3 aliphatic heterocycles. The molecule has 0 saturated carbocycles. The van der Waals surface area contributed by atoms with Crippen molar-refractivity contribution < 1.29 is 71.7 Å². The average Bonchev–Trinajstić information content (AvgIpc) is 1.09. The zero-order valence-corrected chi connectivity index (χ0v) is 65.2. The number of amides is 12. The number of nitrogens with two attached hydrogens (primary N) is 1. The summed E-state index contributed by atoms with van der Waals surface area (Å²) in [6.45, 7) is 18.8. The van der Waals surface area contributed by atoms with Gasteiger partial charge in [-0.05, 0) is 93.4 Å². The van der Waals surface area contributed by atoms with Gasteiger partial charge in [-0.25, -0.2) is 14.6 Å². The molecule has 7 N–H and O–H groups in total. The van der Waals surface area contributed by atoms with Gasteiger partial charge in [0.1, 0.15) is 30.0 Å². The third-order valence-corrected chi connectivity index (χ3v) is 21.5. The van der Waals surface area contributed by atoms with Gasteiger partial charge in [-0.2, -0.15) is 0 Å². The number of ether oxygens (including phenoxy) is 3. The number of primary amides is 1. The van der Waals surface area contributed by atoms with Crippen LogP contribution in [-0.2, 0) is 68.6 Å². The zero-order valence-electron chi connectivity index (χ0n) is 64.3. The van der Waals surface area contributed by atoms with Gasteiger partial charge in [-0.1, -0.05) is 118 Å². The molecule has 2 saturated heterocycles. The number of methoxy groups -OCH3 is 2. The van der Waals surface area contributed by atoms with Crippen LogP contribution in [0.25, 0.3) is 0 Å². The molecule has 106 heavy (non-hydrogen) atoms. The first-order valence-electron chi connectivity index (χ1n) is 37.3. The number of rotatable bonds is 41. The van der Waals surface area contributed by atoms with Crippen molar-refractivity contribution in [1.82, 2.24) is 55.7 Å². The van der Waals surface area contributed by atoms with Crippen LogP contribution in [0.5, 0.6) is 0 Å². The highest BCUT2D eigenvalue weighted by atomic mass is 32.1. The van der Waals surface area contributed by atoms with E-state index in [1.54, 1.807) is 76.6 Å². The molecule has 12 amide bonds. The highest BCUT2D eigenvalue weighted by molar-refractivity contribution is 7.09. The average molecular weight is 1490 g/mol. The molecule has 3 aromatic rings. The maximum atomic E-state index is 15.1. The van der Waals surface area contributed by atoms with Crippen LogP contribution < -0.4 is 32.3 Å². The molecular formula is C77H115N13O15S. The number of hydrogen-bond acceptors (Lipinski definition) is 18. The van der Waals surface area contributed by atoms with Crippen molar-refractivity contribution in [3.8, 4) is 0 Å². The van der Waals surface area contributed by atoms with Crippen molar-refractivity contribution in [2.45, 2.75) is 200 Å². The van der Waals surface area contributed by atoms with E-state index in [1.165, 1.54) is 61.9 Å². The summed E-state index contributed by atoms with van der Waals surface area (Å²) in [4.78, 5) is 179. The predicted molar refractivity (Wildman–Crippen MR) is 402 cm³/mol. The molecule has 0 radical (unpaired) electrons. The Kier molecular flexibility index (Phi) is 34.2. The summed E-state index contributed by atoms with van der Waals surface area (Å²) in [6.07, 6.45) is 4.72. The van der Waals surface area contributed by atoms with E-state index in [2.05, 4.69) is 36.5 Å². The number of imide groups is 1. The Morgan fingerprint density at radius 1 is 0.726 bits per heavy atom. The van der Waals surface area contributed by atoms with Gasteiger partial charge in [0.2, 0.25) is 41.5 Å². The maximum absolute atomic E-state index is 15.1. The highest BCUT2D eigenvalue weighted by Crippen LogP contribution is 2.34. The van der Waals surface area contributed by atoms with Crippen LogP contribution in [0.1, 0.15) is 161 Å². The molecule has 4 heterocycles. The number of anilines is 1. The van der Waals surface area contributed by atoms with Gasteiger partial charge in [0, 0.05) is 134 Å². The summed E-state index contributed by atoms with van der Waals surface area (Å²) in [5, 5.41) is 16.6. The van der Waals surface area contributed by atoms with Crippen LogP contribution in [0.3, 0.4) is 0 Å². The van der Waals surface area contributed by atoms with E-state index >= 15 is 4.79 Å². The maximum Gasteiger partial charge on any atom is 0.411 e. The quantitative estimate of drug-likeness (QED) is 0.0257. The van der Waals surface area contributed by atoms with Crippen molar-refractivity contribution in [1.29, 1.82) is 0 Å². The van der Waals surface area contributed by atoms with Gasteiger partial charge in [0.25, 0.3) is 17.7 Å². The Bertz CT molecular complexity index is 3440. The number of carbonyl (C=O) groups is 12. The minimum atomic E-state index is -1.54. The van der Waals surface area contributed by atoms with Gasteiger partial charge < -0.3 is 66.1 Å². The molecule has 29 heteroatoms. The largest absolute Gasteiger partial charge is 0.431 e. The predicted octanol–water partition coefficient (Wildman–Crippen LogP) is 6.60. The Balaban J connectivity index is 1.13. The molecule has 2 aromatic carbocycles. The first-order valence-corrected chi connectivity index (χ1v) is 38.2. The Labute approximate surface area is 628 Å². The third-order valence-electron chi connectivity index (χ3n) is 20.6. The van der Waals surface area contributed by atoms with E-state index < -0.39 is 126 Å². The molecule has 2 fully saturated rings. The monoisotopic (exact) mass is 1490 g/mol. The van der Waals surface area contributed by atoms with Crippen LogP contribution in [0.4, 0.5) is 15.3 Å². The first kappa shape index (κ1) is 86.3. The number of likely N-dealkylation sites (tertiary alicyclic amines) is 1. The molecule has 1 unspecified atom stereocenters. The Morgan fingerprint density at radius 3 is 1.97 bits per heavy atom. The molecule has 6 rings (SSSR count). The second kappa shape index (κ2) is 42.0. The van der Waals surface area contributed by atoms with Gasteiger partial charge in [-0.3, -0.25) is 57.7 Å². The number of thiazole rings is 1. The summed E-state index contributed by atoms with van der Waals surface area (Å²) in [5.74, 6) is -6.64. The SMILES string of the molecule is CC[C@H](C)[C@@H]([C@@H](CC(=O)N1CCC[C@H]1[C@H](OC)[C@@H](C)C(=O)C[C@@H](Cc1ccccc1)c1nccs1)OC)N(C)C(=O)[C@@H](NC(=O)[C@H](C(C)C)N(C)C(=O)OC(C(=O)N1CCN(C)CC1)c1ccc(NC(=O)[C@H](CCCNC(N)=O)NC(=O)[C@@H](NC(=O)CCCCCN2C(=O)C=CC2=O)C(C)C)cc1)C(C)C. The molecule has 0 aliphatic carbocycles. The smallest absolute Gasteiger partial charge is 0.411 e. The van der Waals surface area contributed by atoms with Crippen molar-refractivity contribution in [2.75, 3.05) is 86.5 Å². The van der Waals surface area contributed by atoms with Crippen LogP contribution in [0.15, 0.2) is 78.3 Å². The Morgan fingerprint density at radius 2 is 1.39 bits per heavy atom. The Hall–Kier alpha value is -8.67. The third kappa shape index (κ3) is 24.4. The molecule has 12 atom stereocenters. The molecule has 0 bridgehead atoms. The van der Waals surface area contributed by atoms with Crippen molar-refractivity contribution in [2.24, 2.45) is 35.3 Å². The minimum absolute atomic E-state index is 0.0163. The van der Waals surface area contributed by atoms with Gasteiger partial charge in [0.15, 0.2) is 0 Å². The van der Waals surface area contributed by atoms with Crippen molar-refractivity contribution >= 4 is 88.1 Å². The topological polar surface area (TPSA) is 351 Å². The number of carbonyl (C=O) groups excluding carboxylic acids is 12. The number of nitrogens with zero attached hydrogens (tertiary/aromatic N) is 7. The summed E-state index contributed by atoms with van der Waals surface area (Å²) in [7, 11) is 8.04. The van der Waals surface area contributed by atoms with E-state index in [0.29, 0.717) is 77.7 Å². The van der Waals surface area contributed by atoms with E-state index in [9.17, 15) is 52.7 Å². The summed E-state index contributed by atoms with van der Waals surface area (Å²) >= 11 is 1.52. The van der Waals surface area contributed by atoms with Gasteiger partial charge in [0.05, 0.1) is 35.7 Å². The van der Waals surface area contributed by atoms with E-state index in [0.717, 1.165) is 20.4 Å². The fourth-order valence-corrected chi connectivity index (χ4v) is 14.9. The number of hydrogen-bond donors (Lipinski definition) is 6. The number of urea groups is 1. The molecule has 28 nitrogen and oxygen atoms in total. The molecule has 1 aromatic heterocycles. The molecule has 584 valence electrons. The normalized spacial score (nSPS) is 17.9. The fourth-order valence-electron chi connectivity index (χ4n) is 14.2. The first-order chi connectivity index (χ1) is 50.4. The number of aromatic nitrogens is 1. The minimum Gasteiger partial charge on any atom is -0.431 e. The molecular weight excluding hydrogens is 1380 g/mol. The number of ketones is 1. The number of nitrogens with one attached hydrogen (secondary N) is 5. The van der Waals surface area contributed by atoms with Crippen LogP contribution in [0, 0.1) is 29.6 Å². The summed E-state index contributed by atoms with van der Waals surface area (Å²) in [5.41, 5.74) is 6.87. The number of piperazine rings is 1. The lowest BCUT2D eigenvalue weighted by Crippen LogP contribution is -2.60. The number of Topliss-reactive ketones (excluding diaryl/α,β-unsaturated/α-hetero) is 1. The second-order valence-corrected chi connectivity index (χ2v) is 30.2. The number of benzene rings is 2. The lowest BCUT2D eigenvalue weighted by Gasteiger charge is -2.41. The van der Waals surface area contributed by atoms with Gasteiger partial charge >= 0.3 is 12.1 Å². The number of likely N-dealkylation sites (N-methyl/N-ethyl adjacent to an activating group) is 3.